The van der Waals surface area contributed by atoms with Crippen molar-refractivity contribution in [3.63, 3.8) is 0 Å². The number of hydrogen-bond donors (Lipinski definition) is 2. The molecule has 0 aliphatic carbocycles. The quantitative estimate of drug-likeness (QED) is 0.890. The first kappa shape index (κ1) is 14.7. The molecule has 0 unspecified atom stereocenters. The Morgan fingerprint density at radius 1 is 1.18 bits per heavy atom. The predicted molar refractivity (Wildman–Crippen MR) is 85.8 cm³/mol. The molecule has 1 aliphatic rings. The number of para-hydroxylation sites is 2. The Hall–Kier alpha value is -2.21. The van der Waals surface area contributed by atoms with Gasteiger partial charge >= 0.3 is 6.03 Å². The molecule has 2 amide bonds. The third-order valence-electron chi connectivity index (χ3n) is 3.29. The van der Waals surface area contributed by atoms with Gasteiger partial charge in [-0.15, -0.1) is 11.3 Å². The Bertz CT molecular complexity index is 616. The van der Waals surface area contributed by atoms with Gasteiger partial charge in [0.25, 0.3) is 0 Å². The number of nitrogens with one attached hydrogen (secondary N) is 2. The van der Waals surface area contributed by atoms with Gasteiger partial charge in [-0.25, -0.2) is 4.79 Å². The van der Waals surface area contributed by atoms with Crippen LogP contribution in [0.3, 0.4) is 0 Å². The third kappa shape index (κ3) is 3.92. The summed E-state index contributed by atoms with van der Waals surface area (Å²) >= 11 is 1.70. The highest BCUT2D eigenvalue weighted by atomic mass is 32.1. The van der Waals surface area contributed by atoms with Crippen molar-refractivity contribution in [1.82, 2.24) is 10.6 Å². The van der Waals surface area contributed by atoms with Crippen LogP contribution in [0.2, 0.25) is 0 Å². The molecule has 2 aromatic rings. The van der Waals surface area contributed by atoms with Gasteiger partial charge in [-0.2, -0.15) is 0 Å². The number of thiophene rings is 1. The summed E-state index contributed by atoms with van der Waals surface area (Å²) in [4.78, 5) is 13.0. The zero-order chi connectivity index (χ0) is 15.2. The molecule has 1 aromatic heterocycles. The molecule has 2 heterocycles. The smallest absolute Gasteiger partial charge is 0.314 e. The Morgan fingerprint density at radius 3 is 2.86 bits per heavy atom. The number of fused-ring (bicyclic) bond motifs is 1. The summed E-state index contributed by atoms with van der Waals surface area (Å²) in [5.74, 6) is 1.47. The van der Waals surface area contributed by atoms with E-state index in [0.29, 0.717) is 19.7 Å². The second kappa shape index (κ2) is 7.17. The Kier molecular flexibility index (Phi) is 4.80. The molecule has 0 saturated heterocycles. The largest absolute Gasteiger partial charge is 0.486 e. The van der Waals surface area contributed by atoms with Gasteiger partial charge in [0.15, 0.2) is 17.6 Å². The second-order valence-electron chi connectivity index (χ2n) is 4.96. The van der Waals surface area contributed by atoms with Gasteiger partial charge in [-0.3, -0.25) is 0 Å². The molecule has 0 radical (unpaired) electrons. The van der Waals surface area contributed by atoms with E-state index < -0.39 is 0 Å². The van der Waals surface area contributed by atoms with Crippen LogP contribution >= 0.6 is 11.3 Å². The SMILES string of the molecule is O=C(NCCc1cccs1)NC[C@@H]1COc2ccccc2O1. The molecule has 0 fully saturated rings. The van der Waals surface area contributed by atoms with E-state index in [1.807, 2.05) is 35.7 Å². The van der Waals surface area contributed by atoms with E-state index in [1.54, 1.807) is 11.3 Å². The van der Waals surface area contributed by atoms with Crippen LogP contribution < -0.4 is 20.1 Å². The maximum atomic E-state index is 11.7. The maximum Gasteiger partial charge on any atom is 0.314 e. The van der Waals surface area contributed by atoms with Crippen LogP contribution in [-0.2, 0) is 6.42 Å². The average Bonchev–Trinajstić information content (AvgIpc) is 3.06. The molecule has 0 saturated carbocycles. The fraction of sp³-hybridized carbons (Fsp3) is 0.312. The molecule has 0 bridgehead atoms. The molecule has 3 rings (SSSR count). The number of ether oxygens (including phenoxy) is 2. The molecule has 5 nitrogen and oxygen atoms in total. The van der Waals surface area contributed by atoms with E-state index in [1.165, 1.54) is 4.88 Å². The number of rotatable bonds is 5. The predicted octanol–water partition coefficient (Wildman–Crippen LogP) is 2.43. The van der Waals surface area contributed by atoms with Crippen molar-refractivity contribution < 1.29 is 14.3 Å². The van der Waals surface area contributed by atoms with E-state index in [4.69, 9.17) is 9.47 Å². The summed E-state index contributed by atoms with van der Waals surface area (Å²) in [7, 11) is 0. The van der Waals surface area contributed by atoms with Gasteiger partial charge in [-0.1, -0.05) is 18.2 Å². The number of urea groups is 1. The van der Waals surface area contributed by atoms with Crippen molar-refractivity contribution in [2.75, 3.05) is 19.7 Å². The van der Waals surface area contributed by atoms with Gasteiger partial charge in [0.1, 0.15) is 6.61 Å². The molecule has 0 spiro atoms. The Morgan fingerprint density at radius 2 is 2.05 bits per heavy atom. The van der Waals surface area contributed by atoms with Gasteiger partial charge < -0.3 is 20.1 Å². The van der Waals surface area contributed by atoms with Crippen LogP contribution in [-0.4, -0.2) is 31.8 Å². The summed E-state index contributed by atoms with van der Waals surface area (Å²) in [5.41, 5.74) is 0. The van der Waals surface area contributed by atoms with Gasteiger partial charge in [-0.05, 0) is 30.0 Å². The van der Waals surface area contributed by atoms with Crippen LogP contribution in [0.25, 0.3) is 0 Å². The molecule has 1 aromatic carbocycles. The van der Waals surface area contributed by atoms with Crippen molar-refractivity contribution in [1.29, 1.82) is 0 Å². The maximum absolute atomic E-state index is 11.7. The zero-order valence-corrected chi connectivity index (χ0v) is 12.9. The topological polar surface area (TPSA) is 59.6 Å². The number of benzene rings is 1. The summed E-state index contributed by atoms with van der Waals surface area (Å²) in [6, 6.07) is 11.4. The lowest BCUT2D eigenvalue weighted by Gasteiger charge is -2.26. The lowest BCUT2D eigenvalue weighted by molar-refractivity contribution is 0.0918. The third-order valence-corrected chi connectivity index (χ3v) is 4.23. The first-order chi connectivity index (χ1) is 10.8. The minimum atomic E-state index is -0.181. The molecular formula is C16H18N2O3S. The molecule has 2 N–H and O–H groups in total. The first-order valence-electron chi connectivity index (χ1n) is 7.24. The van der Waals surface area contributed by atoms with Crippen LogP contribution in [0, 0.1) is 0 Å². The highest BCUT2D eigenvalue weighted by Gasteiger charge is 2.20. The van der Waals surface area contributed by atoms with Gasteiger partial charge in [0.05, 0.1) is 6.54 Å². The lowest BCUT2D eigenvalue weighted by Crippen LogP contribution is -2.44. The molecule has 6 heteroatoms. The fourth-order valence-corrected chi connectivity index (χ4v) is 2.90. The number of amides is 2. The monoisotopic (exact) mass is 318 g/mol. The molecular weight excluding hydrogens is 300 g/mol. The molecule has 1 atom stereocenters. The van der Waals surface area contributed by atoms with Crippen molar-refractivity contribution in [2.24, 2.45) is 0 Å². The summed E-state index contributed by atoms with van der Waals surface area (Å²) in [6.45, 7) is 1.48. The highest BCUT2D eigenvalue weighted by Crippen LogP contribution is 2.30. The summed E-state index contributed by atoms with van der Waals surface area (Å²) in [5, 5.41) is 7.69. The van der Waals surface area contributed by atoms with Crippen LogP contribution in [0.15, 0.2) is 41.8 Å². The average molecular weight is 318 g/mol. The summed E-state index contributed by atoms with van der Waals surface area (Å²) in [6.07, 6.45) is 0.680. The Labute approximate surface area is 133 Å². The minimum absolute atomic E-state index is 0.169. The van der Waals surface area contributed by atoms with Crippen LogP contribution in [0.5, 0.6) is 11.5 Å². The normalized spacial score (nSPS) is 16.1. The van der Waals surface area contributed by atoms with Gasteiger partial charge in [0, 0.05) is 11.4 Å². The van der Waals surface area contributed by atoms with Crippen molar-refractivity contribution in [3.8, 4) is 11.5 Å². The second-order valence-corrected chi connectivity index (χ2v) is 6.00. The fourth-order valence-electron chi connectivity index (χ4n) is 2.19. The molecule has 22 heavy (non-hydrogen) atoms. The van der Waals surface area contributed by atoms with Gasteiger partial charge in [0.2, 0.25) is 0 Å². The molecule has 1 aliphatic heterocycles. The van der Waals surface area contributed by atoms with Crippen LogP contribution in [0.1, 0.15) is 4.88 Å². The Balaban J connectivity index is 1.37. The van der Waals surface area contributed by atoms with E-state index >= 15 is 0 Å². The highest BCUT2D eigenvalue weighted by molar-refractivity contribution is 7.09. The molecule has 116 valence electrons. The van der Waals surface area contributed by atoms with Crippen molar-refractivity contribution in [2.45, 2.75) is 12.5 Å². The summed E-state index contributed by atoms with van der Waals surface area (Å²) < 4.78 is 11.4. The van der Waals surface area contributed by atoms with E-state index in [9.17, 15) is 4.79 Å². The first-order valence-corrected chi connectivity index (χ1v) is 8.12. The minimum Gasteiger partial charge on any atom is -0.486 e. The lowest BCUT2D eigenvalue weighted by atomic mass is 10.2. The number of hydrogen-bond acceptors (Lipinski definition) is 4. The number of carbonyl (C=O) groups is 1. The van der Waals surface area contributed by atoms with Crippen LogP contribution in [0.4, 0.5) is 4.79 Å². The van der Waals surface area contributed by atoms with E-state index in [-0.39, 0.29) is 12.1 Å². The van der Waals surface area contributed by atoms with Crippen molar-refractivity contribution >= 4 is 17.4 Å². The zero-order valence-electron chi connectivity index (χ0n) is 12.1. The van der Waals surface area contributed by atoms with Crippen molar-refractivity contribution in [3.05, 3.63) is 46.7 Å². The van der Waals surface area contributed by atoms with E-state index in [0.717, 1.165) is 17.9 Å². The van der Waals surface area contributed by atoms with E-state index in [2.05, 4.69) is 16.7 Å². The standard InChI is InChI=1S/C16H18N2O3S/c19-16(17-8-7-13-4-3-9-22-13)18-10-12-11-20-14-5-1-2-6-15(14)21-12/h1-6,9,12H,7-8,10-11H2,(H2,17,18,19)/t12-/m1/s1. The number of carbonyl (C=O) groups excluding carboxylic acids is 1.